The lowest BCUT2D eigenvalue weighted by Crippen LogP contribution is -2.18. The second-order valence-electron chi connectivity index (χ2n) is 5.50. The van der Waals surface area contributed by atoms with Crippen molar-refractivity contribution in [3.8, 4) is 0 Å². The zero-order valence-electron chi connectivity index (χ0n) is 14.3. The van der Waals surface area contributed by atoms with E-state index in [1.54, 1.807) is 11.8 Å². The normalized spacial score (nSPS) is 12.0. The molecule has 0 unspecified atom stereocenters. The number of furan rings is 1. The summed E-state index contributed by atoms with van der Waals surface area (Å²) in [6, 6.07) is 8.66. The molecule has 0 radical (unpaired) electrons. The maximum Gasteiger partial charge on any atom is 0.433 e. The van der Waals surface area contributed by atoms with Crippen molar-refractivity contribution in [2.75, 3.05) is 12.0 Å². The van der Waals surface area contributed by atoms with Gasteiger partial charge in [0.2, 0.25) is 5.76 Å². The summed E-state index contributed by atoms with van der Waals surface area (Å²) in [5, 5.41) is 10.7. The van der Waals surface area contributed by atoms with Gasteiger partial charge < -0.3 is 8.98 Å². The zero-order valence-corrected chi connectivity index (χ0v) is 15.9. The summed E-state index contributed by atoms with van der Waals surface area (Å²) in [6.07, 6.45) is 2.95. The van der Waals surface area contributed by atoms with Gasteiger partial charge in [-0.1, -0.05) is 24.3 Å². The molecule has 0 aliphatic heterocycles. The molecule has 26 heavy (non-hydrogen) atoms. The molecular weight excluding hydrogens is 374 g/mol. The number of benzene rings is 1. The molecule has 0 fully saturated rings. The van der Waals surface area contributed by atoms with Crippen molar-refractivity contribution < 1.29 is 14.1 Å². The monoisotopic (exact) mass is 391 g/mol. The summed E-state index contributed by atoms with van der Waals surface area (Å²) >= 11 is 3.14. The maximum atomic E-state index is 12.4. The van der Waals surface area contributed by atoms with E-state index in [0.717, 1.165) is 35.0 Å². The van der Waals surface area contributed by atoms with Gasteiger partial charge in [0.15, 0.2) is 4.80 Å². The quantitative estimate of drug-likeness (QED) is 0.470. The molecular formula is C17H17N3O4S2. The third kappa shape index (κ3) is 3.73. The molecule has 9 heteroatoms. The van der Waals surface area contributed by atoms with Crippen molar-refractivity contribution in [1.29, 1.82) is 0 Å². The Balaban J connectivity index is 2.07. The Morgan fingerprint density at radius 3 is 2.85 bits per heavy atom. The molecule has 3 aromatic rings. The third-order valence-electron chi connectivity index (χ3n) is 3.85. The van der Waals surface area contributed by atoms with Gasteiger partial charge in [0.05, 0.1) is 16.3 Å². The van der Waals surface area contributed by atoms with Crippen LogP contribution in [0.2, 0.25) is 0 Å². The molecule has 1 amide bonds. The predicted octanol–water partition coefficient (Wildman–Crippen LogP) is 3.87. The van der Waals surface area contributed by atoms with Crippen LogP contribution < -0.4 is 4.80 Å². The largest absolute Gasteiger partial charge is 0.433 e. The Bertz CT molecular complexity index is 1030. The first-order valence-corrected chi connectivity index (χ1v) is 10.2. The molecule has 0 saturated carbocycles. The standard InChI is InChI=1S/C17H17N3O4S2/c1-3-11-4-5-12-14(10-11)26-17(19(12)8-9-25-2)18-16(21)13-6-7-15(24-13)20(22)23/h4-7,10H,3,8-9H2,1-2H3. The lowest BCUT2D eigenvalue weighted by atomic mass is 10.2. The number of thioether (sulfide) groups is 1. The SMILES string of the molecule is CCc1ccc2c(c1)sc(=NC(=O)c1ccc([N+](=O)[O-])o1)n2CCSC. The molecule has 0 aliphatic carbocycles. The fourth-order valence-electron chi connectivity index (χ4n) is 2.50. The van der Waals surface area contributed by atoms with E-state index >= 15 is 0 Å². The van der Waals surface area contributed by atoms with Crippen LogP contribution in [0.25, 0.3) is 10.2 Å². The van der Waals surface area contributed by atoms with Crippen LogP contribution in [0.1, 0.15) is 23.0 Å². The van der Waals surface area contributed by atoms with Crippen LogP contribution in [-0.4, -0.2) is 27.4 Å². The molecule has 136 valence electrons. The molecule has 0 N–H and O–H groups in total. The van der Waals surface area contributed by atoms with E-state index in [0.29, 0.717) is 4.80 Å². The molecule has 2 heterocycles. The summed E-state index contributed by atoms with van der Waals surface area (Å²) in [5.41, 5.74) is 2.24. The van der Waals surface area contributed by atoms with E-state index in [9.17, 15) is 14.9 Å². The van der Waals surface area contributed by atoms with Crippen LogP contribution in [0, 0.1) is 10.1 Å². The smallest absolute Gasteiger partial charge is 0.395 e. The number of carbonyl (C=O) groups excluding carboxylic acids is 1. The Kier molecular flexibility index (Phi) is 5.58. The molecule has 0 saturated heterocycles. The first kappa shape index (κ1) is 18.4. The number of rotatable bonds is 6. The van der Waals surface area contributed by atoms with Gasteiger partial charge in [0.1, 0.15) is 4.92 Å². The van der Waals surface area contributed by atoms with Gasteiger partial charge in [-0.2, -0.15) is 16.8 Å². The zero-order chi connectivity index (χ0) is 18.7. The molecule has 0 spiro atoms. The lowest BCUT2D eigenvalue weighted by molar-refractivity contribution is -0.402. The van der Waals surface area contributed by atoms with Gasteiger partial charge in [0.25, 0.3) is 0 Å². The third-order valence-corrected chi connectivity index (χ3v) is 5.49. The van der Waals surface area contributed by atoms with Gasteiger partial charge in [-0.25, -0.2) is 0 Å². The van der Waals surface area contributed by atoms with Crippen LogP contribution in [0.5, 0.6) is 0 Å². The minimum Gasteiger partial charge on any atom is -0.395 e. The fourth-order valence-corrected chi connectivity index (χ4v) is 3.99. The van der Waals surface area contributed by atoms with E-state index in [4.69, 9.17) is 4.42 Å². The average molecular weight is 391 g/mol. The summed E-state index contributed by atoms with van der Waals surface area (Å²) in [6.45, 7) is 2.81. The minimum atomic E-state index is -0.679. The van der Waals surface area contributed by atoms with Gasteiger partial charge in [-0.3, -0.25) is 14.9 Å². The van der Waals surface area contributed by atoms with E-state index in [2.05, 4.69) is 24.0 Å². The Morgan fingerprint density at radius 1 is 1.38 bits per heavy atom. The van der Waals surface area contributed by atoms with Crippen molar-refractivity contribution in [1.82, 2.24) is 4.57 Å². The first-order valence-electron chi connectivity index (χ1n) is 7.98. The minimum absolute atomic E-state index is 0.139. The van der Waals surface area contributed by atoms with Gasteiger partial charge in [-0.05, 0) is 36.4 Å². The number of nitro groups is 1. The Hall–Kier alpha value is -2.39. The van der Waals surface area contributed by atoms with Crippen molar-refractivity contribution in [2.24, 2.45) is 4.99 Å². The number of nitrogens with zero attached hydrogens (tertiary/aromatic N) is 3. The number of hydrogen-bond donors (Lipinski definition) is 0. The van der Waals surface area contributed by atoms with Gasteiger partial charge >= 0.3 is 11.8 Å². The number of thiazole rings is 1. The van der Waals surface area contributed by atoms with Crippen molar-refractivity contribution in [3.05, 3.63) is 56.6 Å². The summed E-state index contributed by atoms with van der Waals surface area (Å²) in [7, 11) is 0. The van der Waals surface area contributed by atoms with E-state index in [-0.39, 0.29) is 5.76 Å². The van der Waals surface area contributed by atoms with Crippen LogP contribution in [0.3, 0.4) is 0 Å². The number of fused-ring (bicyclic) bond motifs is 1. The van der Waals surface area contributed by atoms with Gasteiger partial charge in [0, 0.05) is 12.3 Å². The van der Waals surface area contributed by atoms with E-state index < -0.39 is 16.7 Å². The van der Waals surface area contributed by atoms with Gasteiger partial charge in [-0.15, -0.1) is 0 Å². The highest BCUT2D eigenvalue weighted by Crippen LogP contribution is 2.21. The van der Waals surface area contributed by atoms with Crippen molar-refractivity contribution in [3.63, 3.8) is 0 Å². The molecule has 7 nitrogen and oxygen atoms in total. The van der Waals surface area contributed by atoms with Crippen LogP contribution in [-0.2, 0) is 13.0 Å². The van der Waals surface area contributed by atoms with E-state index in [1.807, 2.05) is 16.9 Å². The molecule has 2 aromatic heterocycles. The molecule has 3 rings (SSSR count). The number of carbonyl (C=O) groups is 1. The second kappa shape index (κ2) is 7.88. The highest BCUT2D eigenvalue weighted by Gasteiger charge is 2.17. The highest BCUT2D eigenvalue weighted by molar-refractivity contribution is 7.98. The summed E-state index contributed by atoms with van der Waals surface area (Å²) in [5.74, 6) is -0.351. The highest BCUT2D eigenvalue weighted by atomic mass is 32.2. The lowest BCUT2D eigenvalue weighted by Gasteiger charge is -2.04. The van der Waals surface area contributed by atoms with Crippen molar-refractivity contribution >= 4 is 45.1 Å². The number of aromatic nitrogens is 1. The Labute approximate surface area is 157 Å². The van der Waals surface area contributed by atoms with E-state index in [1.165, 1.54) is 23.0 Å². The van der Waals surface area contributed by atoms with Crippen LogP contribution >= 0.6 is 23.1 Å². The topological polar surface area (TPSA) is 90.6 Å². The Morgan fingerprint density at radius 2 is 2.19 bits per heavy atom. The number of hydrogen-bond acceptors (Lipinski definition) is 6. The average Bonchev–Trinajstić information content (AvgIpc) is 3.24. The number of aryl methyl sites for hydroxylation is 2. The fraction of sp³-hybridized carbons (Fsp3) is 0.294. The molecule has 0 aliphatic rings. The second-order valence-corrected chi connectivity index (χ2v) is 7.49. The van der Waals surface area contributed by atoms with Crippen molar-refractivity contribution in [2.45, 2.75) is 19.9 Å². The summed E-state index contributed by atoms with van der Waals surface area (Å²) < 4.78 is 8.02. The molecule has 1 aromatic carbocycles. The summed E-state index contributed by atoms with van der Waals surface area (Å²) in [4.78, 5) is 27.1. The predicted molar refractivity (Wildman–Crippen MR) is 103 cm³/mol. The molecule has 0 bridgehead atoms. The molecule has 0 atom stereocenters. The maximum absolute atomic E-state index is 12.4. The van der Waals surface area contributed by atoms with Crippen LogP contribution in [0.15, 0.2) is 39.7 Å². The van der Waals surface area contributed by atoms with Crippen LogP contribution in [0.4, 0.5) is 5.88 Å². The number of amides is 1. The first-order chi connectivity index (χ1) is 12.5.